The van der Waals surface area contributed by atoms with Crippen molar-refractivity contribution in [1.29, 1.82) is 0 Å². The Bertz CT molecular complexity index is 631. The highest BCUT2D eigenvalue weighted by Crippen LogP contribution is 2.40. The van der Waals surface area contributed by atoms with Crippen molar-refractivity contribution in [3.63, 3.8) is 0 Å². The van der Waals surface area contributed by atoms with Crippen molar-refractivity contribution in [2.75, 3.05) is 0 Å². The SMILES string of the molecule is CC1=C(c2ccccc2)c2c(C)ccc(C)c2C1. The quantitative estimate of drug-likeness (QED) is 0.672. The Morgan fingerprint density at radius 3 is 2.17 bits per heavy atom. The summed E-state index contributed by atoms with van der Waals surface area (Å²) in [4.78, 5) is 0. The van der Waals surface area contributed by atoms with E-state index < -0.39 is 0 Å². The van der Waals surface area contributed by atoms with Crippen LogP contribution in [0.25, 0.3) is 5.57 Å². The number of rotatable bonds is 1. The minimum absolute atomic E-state index is 1.10. The molecular formula is C18H18. The zero-order valence-electron chi connectivity index (χ0n) is 11.2. The van der Waals surface area contributed by atoms with Gasteiger partial charge in [0.05, 0.1) is 0 Å². The first-order valence-electron chi connectivity index (χ1n) is 6.53. The molecule has 1 aliphatic carbocycles. The molecule has 2 aromatic rings. The molecule has 0 radical (unpaired) electrons. The van der Waals surface area contributed by atoms with Crippen LogP contribution in [0.15, 0.2) is 48.0 Å². The van der Waals surface area contributed by atoms with Gasteiger partial charge in [-0.25, -0.2) is 0 Å². The summed E-state index contributed by atoms with van der Waals surface area (Å²) in [5.41, 5.74) is 10.1. The van der Waals surface area contributed by atoms with Crippen molar-refractivity contribution in [3.8, 4) is 0 Å². The lowest BCUT2D eigenvalue weighted by Crippen LogP contribution is -1.94. The fraction of sp³-hybridized carbons (Fsp3) is 0.222. The van der Waals surface area contributed by atoms with E-state index in [1.165, 1.54) is 39.0 Å². The molecule has 0 unspecified atom stereocenters. The van der Waals surface area contributed by atoms with Crippen molar-refractivity contribution in [2.45, 2.75) is 27.2 Å². The molecule has 0 aliphatic heterocycles. The molecule has 0 nitrogen and oxygen atoms in total. The maximum absolute atomic E-state index is 2.27. The standard InChI is InChI=1S/C18H18/c1-12-9-10-13(2)18-16(12)11-14(3)17(18)15-7-5-4-6-8-15/h4-10H,11H2,1-3H3. The van der Waals surface area contributed by atoms with Gasteiger partial charge in [-0.15, -0.1) is 0 Å². The van der Waals surface area contributed by atoms with E-state index in [1.54, 1.807) is 0 Å². The van der Waals surface area contributed by atoms with Crippen molar-refractivity contribution in [2.24, 2.45) is 0 Å². The Morgan fingerprint density at radius 2 is 1.44 bits per heavy atom. The van der Waals surface area contributed by atoms with Gasteiger partial charge >= 0.3 is 0 Å². The van der Waals surface area contributed by atoms with Crippen LogP contribution in [0.3, 0.4) is 0 Å². The zero-order valence-corrected chi connectivity index (χ0v) is 11.2. The lowest BCUT2D eigenvalue weighted by atomic mass is 9.92. The number of allylic oxidation sites excluding steroid dienone is 1. The monoisotopic (exact) mass is 234 g/mol. The first-order chi connectivity index (χ1) is 8.68. The third-order valence-corrected chi connectivity index (χ3v) is 3.94. The van der Waals surface area contributed by atoms with E-state index in [4.69, 9.17) is 0 Å². The highest BCUT2D eigenvalue weighted by Gasteiger charge is 2.22. The van der Waals surface area contributed by atoms with Gasteiger partial charge in [0, 0.05) is 0 Å². The van der Waals surface area contributed by atoms with E-state index in [-0.39, 0.29) is 0 Å². The summed E-state index contributed by atoms with van der Waals surface area (Å²) in [6, 6.07) is 15.3. The highest BCUT2D eigenvalue weighted by atomic mass is 14.3. The largest absolute Gasteiger partial charge is 0.0622 e. The molecule has 0 spiro atoms. The average Bonchev–Trinajstić information content (AvgIpc) is 2.74. The summed E-state index contributed by atoms with van der Waals surface area (Å²) in [7, 11) is 0. The number of aryl methyl sites for hydroxylation is 2. The molecule has 0 bridgehead atoms. The van der Waals surface area contributed by atoms with Crippen LogP contribution >= 0.6 is 0 Å². The summed E-state index contributed by atoms with van der Waals surface area (Å²) in [6.45, 7) is 6.71. The molecule has 0 saturated carbocycles. The highest BCUT2D eigenvalue weighted by molar-refractivity contribution is 5.89. The van der Waals surface area contributed by atoms with Crippen LogP contribution in [0.1, 0.15) is 34.7 Å². The first kappa shape index (κ1) is 11.3. The Hall–Kier alpha value is -1.82. The summed E-state index contributed by atoms with van der Waals surface area (Å²) in [5.74, 6) is 0. The van der Waals surface area contributed by atoms with E-state index in [9.17, 15) is 0 Å². The van der Waals surface area contributed by atoms with Crippen molar-refractivity contribution >= 4 is 5.57 Å². The second-order valence-electron chi connectivity index (χ2n) is 5.25. The van der Waals surface area contributed by atoms with Crippen LogP contribution in [0.2, 0.25) is 0 Å². The first-order valence-corrected chi connectivity index (χ1v) is 6.53. The van der Waals surface area contributed by atoms with Crippen molar-refractivity contribution in [3.05, 3.63) is 75.9 Å². The van der Waals surface area contributed by atoms with Gasteiger partial charge < -0.3 is 0 Å². The van der Waals surface area contributed by atoms with Crippen LogP contribution < -0.4 is 0 Å². The Morgan fingerprint density at radius 1 is 0.778 bits per heavy atom. The van der Waals surface area contributed by atoms with E-state index >= 15 is 0 Å². The van der Waals surface area contributed by atoms with E-state index in [2.05, 4.69) is 63.2 Å². The number of fused-ring (bicyclic) bond motifs is 1. The normalized spacial score (nSPS) is 13.9. The Kier molecular flexibility index (Phi) is 2.59. The molecule has 1 aliphatic rings. The molecule has 0 N–H and O–H groups in total. The number of hydrogen-bond acceptors (Lipinski definition) is 0. The van der Waals surface area contributed by atoms with Gasteiger partial charge in [-0.1, -0.05) is 48.0 Å². The molecule has 90 valence electrons. The molecule has 0 saturated heterocycles. The predicted molar refractivity (Wildman–Crippen MR) is 77.8 cm³/mol. The van der Waals surface area contributed by atoms with Gasteiger partial charge in [0.25, 0.3) is 0 Å². The maximum atomic E-state index is 2.27. The lowest BCUT2D eigenvalue weighted by molar-refractivity contribution is 1.15. The minimum Gasteiger partial charge on any atom is -0.0622 e. The molecule has 0 amide bonds. The number of hydrogen-bond donors (Lipinski definition) is 0. The third-order valence-electron chi connectivity index (χ3n) is 3.94. The predicted octanol–water partition coefficient (Wildman–Crippen LogP) is 4.68. The molecule has 0 aromatic heterocycles. The van der Waals surface area contributed by atoms with Gasteiger partial charge in [0.15, 0.2) is 0 Å². The maximum Gasteiger partial charge on any atom is -0.00515 e. The van der Waals surface area contributed by atoms with Gasteiger partial charge in [-0.2, -0.15) is 0 Å². The van der Waals surface area contributed by atoms with Crippen LogP contribution in [-0.2, 0) is 6.42 Å². The topological polar surface area (TPSA) is 0 Å². The third kappa shape index (κ3) is 1.60. The summed E-state index contributed by atoms with van der Waals surface area (Å²) < 4.78 is 0. The molecule has 0 heteroatoms. The van der Waals surface area contributed by atoms with Gasteiger partial charge in [0.1, 0.15) is 0 Å². The van der Waals surface area contributed by atoms with Crippen molar-refractivity contribution in [1.82, 2.24) is 0 Å². The average molecular weight is 234 g/mol. The van der Waals surface area contributed by atoms with E-state index in [0.29, 0.717) is 0 Å². The Balaban J connectivity index is 2.26. The van der Waals surface area contributed by atoms with Crippen LogP contribution in [0, 0.1) is 13.8 Å². The van der Waals surface area contributed by atoms with Crippen LogP contribution in [0.5, 0.6) is 0 Å². The van der Waals surface area contributed by atoms with Crippen molar-refractivity contribution < 1.29 is 0 Å². The molecule has 18 heavy (non-hydrogen) atoms. The zero-order chi connectivity index (χ0) is 12.7. The summed E-state index contributed by atoms with van der Waals surface area (Å²) in [5, 5.41) is 0. The molecule has 0 heterocycles. The van der Waals surface area contributed by atoms with Gasteiger partial charge in [0.2, 0.25) is 0 Å². The molecule has 3 rings (SSSR count). The smallest absolute Gasteiger partial charge is 0.00515 e. The van der Waals surface area contributed by atoms with Gasteiger partial charge in [-0.05, 0) is 60.6 Å². The van der Waals surface area contributed by atoms with E-state index in [1.807, 2.05) is 0 Å². The fourth-order valence-corrected chi connectivity index (χ4v) is 3.01. The van der Waals surface area contributed by atoms with Crippen LogP contribution in [-0.4, -0.2) is 0 Å². The second kappa shape index (κ2) is 4.13. The minimum atomic E-state index is 1.10. The fourth-order valence-electron chi connectivity index (χ4n) is 3.01. The van der Waals surface area contributed by atoms with Gasteiger partial charge in [-0.3, -0.25) is 0 Å². The Labute approximate surface area is 109 Å². The molecule has 0 fully saturated rings. The van der Waals surface area contributed by atoms with Crippen LogP contribution in [0.4, 0.5) is 0 Å². The second-order valence-corrected chi connectivity index (χ2v) is 5.25. The molecule has 2 aromatic carbocycles. The summed E-state index contributed by atoms with van der Waals surface area (Å²) in [6.07, 6.45) is 1.10. The summed E-state index contributed by atoms with van der Waals surface area (Å²) >= 11 is 0. The van der Waals surface area contributed by atoms with E-state index in [0.717, 1.165) is 6.42 Å². The number of benzene rings is 2. The molecule has 0 atom stereocenters. The lowest BCUT2D eigenvalue weighted by Gasteiger charge is -2.12. The molecular weight excluding hydrogens is 216 g/mol.